The average Bonchev–Trinajstić information content (AvgIpc) is 2.15. The Hall–Kier alpha value is -1.30. The molecule has 0 fully saturated rings. The van der Waals surface area contributed by atoms with Gasteiger partial charge in [-0.2, -0.15) is 0 Å². The molecule has 0 radical (unpaired) electrons. The molecule has 1 aromatic carbocycles. The molecule has 0 bridgehead atoms. The molecule has 2 heteroatoms. The van der Waals surface area contributed by atoms with E-state index in [1.807, 2.05) is 24.3 Å². The average molecular weight is 161 g/mol. The number of hydrogen-bond acceptors (Lipinski definition) is 2. The van der Waals surface area contributed by atoms with E-state index in [9.17, 15) is 0 Å². The lowest BCUT2D eigenvalue weighted by Crippen LogP contribution is -1.95. The van der Waals surface area contributed by atoms with Gasteiger partial charge in [-0.15, -0.1) is 0 Å². The van der Waals surface area contributed by atoms with Crippen molar-refractivity contribution >= 4 is 0 Å². The molecule has 0 amide bonds. The summed E-state index contributed by atoms with van der Waals surface area (Å²) in [5.74, 6) is 5.39. The van der Waals surface area contributed by atoms with Crippen molar-refractivity contribution in [2.45, 2.75) is 6.54 Å². The fourth-order valence-corrected chi connectivity index (χ4v) is 0.918. The molecule has 2 nitrogen and oxygen atoms in total. The molecule has 0 spiro atoms. The van der Waals surface area contributed by atoms with Gasteiger partial charge in [0.15, 0.2) is 0 Å². The van der Waals surface area contributed by atoms with E-state index in [4.69, 9.17) is 10.8 Å². The van der Waals surface area contributed by atoms with Gasteiger partial charge in [0.2, 0.25) is 0 Å². The van der Waals surface area contributed by atoms with Crippen molar-refractivity contribution in [3.05, 3.63) is 35.4 Å². The van der Waals surface area contributed by atoms with Crippen LogP contribution in [0, 0.1) is 11.8 Å². The number of hydrogen-bond donors (Lipinski definition) is 2. The summed E-state index contributed by atoms with van der Waals surface area (Å²) in [6, 6.07) is 7.66. The summed E-state index contributed by atoms with van der Waals surface area (Å²) in [4.78, 5) is 0. The lowest BCUT2D eigenvalue weighted by atomic mass is 10.1. The summed E-state index contributed by atoms with van der Waals surface area (Å²) >= 11 is 0. The van der Waals surface area contributed by atoms with Crippen molar-refractivity contribution in [3.63, 3.8) is 0 Å². The van der Waals surface area contributed by atoms with Gasteiger partial charge in [-0.05, 0) is 17.7 Å². The normalized spacial score (nSPS) is 8.83. The Morgan fingerprint density at radius 1 is 1.42 bits per heavy atom. The molecule has 0 aliphatic rings. The highest BCUT2D eigenvalue weighted by molar-refractivity contribution is 5.37. The van der Waals surface area contributed by atoms with Gasteiger partial charge in [-0.1, -0.05) is 24.0 Å². The van der Waals surface area contributed by atoms with Crippen LogP contribution in [-0.2, 0) is 6.54 Å². The van der Waals surface area contributed by atoms with Crippen molar-refractivity contribution in [2.75, 3.05) is 6.61 Å². The van der Waals surface area contributed by atoms with Crippen LogP contribution in [-0.4, -0.2) is 11.7 Å². The molecule has 0 unspecified atom stereocenters. The Balaban J connectivity index is 2.86. The van der Waals surface area contributed by atoms with Gasteiger partial charge in [0.25, 0.3) is 0 Å². The van der Waals surface area contributed by atoms with Crippen LogP contribution >= 0.6 is 0 Å². The van der Waals surface area contributed by atoms with E-state index in [2.05, 4.69) is 11.8 Å². The van der Waals surface area contributed by atoms with E-state index in [0.717, 1.165) is 11.1 Å². The van der Waals surface area contributed by atoms with E-state index in [1.54, 1.807) is 0 Å². The predicted octanol–water partition coefficient (Wildman–Crippen LogP) is 0.489. The molecule has 1 aromatic rings. The van der Waals surface area contributed by atoms with Crippen molar-refractivity contribution in [3.8, 4) is 11.8 Å². The summed E-state index contributed by atoms with van der Waals surface area (Å²) in [6.45, 7) is 0.418. The molecule has 0 saturated carbocycles. The van der Waals surface area contributed by atoms with Gasteiger partial charge in [-0.25, -0.2) is 0 Å². The molecule has 0 aromatic heterocycles. The lowest BCUT2D eigenvalue weighted by molar-refractivity contribution is 0.350. The Kier molecular flexibility index (Phi) is 3.34. The van der Waals surface area contributed by atoms with E-state index < -0.39 is 0 Å². The smallest absolute Gasteiger partial charge is 0.104 e. The second-order valence-electron chi connectivity index (χ2n) is 2.36. The summed E-state index contributed by atoms with van der Waals surface area (Å²) in [5.41, 5.74) is 7.40. The molecule has 62 valence electrons. The standard InChI is InChI=1S/C10H11NO/c11-8-10-4-1-3-9(7-10)5-2-6-12/h1,3-4,7,12H,6,8,11H2. The maximum Gasteiger partial charge on any atom is 0.104 e. The van der Waals surface area contributed by atoms with Crippen LogP contribution in [0.25, 0.3) is 0 Å². The Bertz CT molecular complexity index is 309. The molecule has 12 heavy (non-hydrogen) atoms. The van der Waals surface area contributed by atoms with E-state index in [1.165, 1.54) is 0 Å². The van der Waals surface area contributed by atoms with Crippen LogP contribution in [0.3, 0.4) is 0 Å². The Labute approximate surface area is 72.0 Å². The number of rotatable bonds is 1. The Morgan fingerprint density at radius 3 is 2.92 bits per heavy atom. The first-order valence-corrected chi connectivity index (χ1v) is 3.75. The molecule has 0 aliphatic carbocycles. The largest absolute Gasteiger partial charge is 0.384 e. The molecule has 0 heterocycles. The fourth-order valence-electron chi connectivity index (χ4n) is 0.918. The van der Waals surface area contributed by atoms with Crippen molar-refractivity contribution in [1.82, 2.24) is 0 Å². The van der Waals surface area contributed by atoms with Gasteiger partial charge in [0.1, 0.15) is 6.61 Å². The number of nitrogens with two attached hydrogens (primary N) is 1. The minimum Gasteiger partial charge on any atom is -0.384 e. The monoisotopic (exact) mass is 161 g/mol. The minimum atomic E-state index is -0.104. The highest BCUT2D eigenvalue weighted by Gasteiger charge is 1.89. The zero-order valence-electron chi connectivity index (χ0n) is 6.75. The molecule has 0 saturated heterocycles. The maximum absolute atomic E-state index is 8.46. The first-order chi connectivity index (χ1) is 5.86. The van der Waals surface area contributed by atoms with Gasteiger partial charge >= 0.3 is 0 Å². The number of benzene rings is 1. The maximum atomic E-state index is 8.46. The van der Waals surface area contributed by atoms with Crippen LogP contribution in [0.15, 0.2) is 24.3 Å². The summed E-state index contributed by atoms with van der Waals surface area (Å²) < 4.78 is 0. The first-order valence-electron chi connectivity index (χ1n) is 3.75. The van der Waals surface area contributed by atoms with Gasteiger partial charge in [0.05, 0.1) is 0 Å². The minimum absolute atomic E-state index is 0.104. The zero-order chi connectivity index (χ0) is 8.81. The predicted molar refractivity (Wildman–Crippen MR) is 48.3 cm³/mol. The second-order valence-corrected chi connectivity index (χ2v) is 2.36. The SMILES string of the molecule is NCc1cccc(C#CCO)c1. The van der Waals surface area contributed by atoms with Crippen LogP contribution in [0.2, 0.25) is 0 Å². The highest BCUT2D eigenvalue weighted by atomic mass is 16.2. The first kappa shape index (κ1) is 8.79. The van der Waals surface area contributed by atoms with Crippen LogP contribution in [0.4, 0.5) is 0 Å². The highest BCUT2D eigenvalue weighted by Crippen LogP contribution is 2.02. The third kappa shape index (κ3) is 2.39. The molecule has 0 aliphatic heterocycles. The topological polar surface area (TPSA) is 46.2 Å². The summed E-state index contributed by atoms with van der Waals surface area (Å²) in [6.07, 6.45) is 0. The van der Waals surface area contributed by atoms with Gasteiger partial charge < -0.3 is 10.8 Å². The third-order valence-corrected chi connectivity index (χ3v) is 1.47. The van der Waals surface area contributed by atoms with Crippen molar-refractivity contribution in [2.24, 2.45) is 5.73 Å². The molecule has 0 atom stereocenters. The van der Waals surface area contributed by atoms with Crippen LogP contribution < -0.4 is 5.73 Å². The molecule has 3 N–H and O–H groups in total. The van der Waals surface area contributed by atoms with Crippen molar-refractivity contribution < 1.29 is 5.11 Å². The second kappa shape index (κ2) is 4.55. The zero-order valence-corrected chi connectivity index (χ0v) is 6.75. The van der Waals surface area contributed by atoms with Crippen molar-refractivity contribution in [1.29, 1.82) is 0 Å². The van der Waals surface area contributed by atoms with Gasteiger partial charge in [-0.3, -0.25) is 0 Å². The van der Waals surface area contributed by atoms with E-state index in [0.29, 0.717) is 6.54 Å². The van der Waals surface area contributed by atoms with Gasteiger partial charge in [0, 0.05) is 12.1 Å². The lowest BCUT2D eigenvalue weighted by Gasteiger charge is -1.95. The number of aliphatic hydroxyl groups excluding tert-OH is 1. The number of aliphatic hydroxyl groups is 1. The van der Waals surface area contributed by atoms with E-state index >= 15 is 0 Å². The quantitative estimate of drug-likeness (QED) is 0.589. The summed E-state index contributed by atoms with van der Waals surface area (Å²) in [7, 11) is 0. The van der Waals surface area contributed by atoms with Crippen LogP contribution in [0.1, 0.15) is 11.1 Å². The Morgan fingerprint density at radius 2 is 2.25 bits per heavy atom. The molecular formula is C10H11NO. The third-order valence-electron chi connectivity index (χ3n) is 1.47. The van der Waals surface area contributed by atoms with Crippen LogP contribution in [0.5, 0.6) is 0 Å². The molecule has 1 rings (SSSR count). The summed E-state index contributed by atoms with van der Waals surface area (Å²) in [5, 5.41) is 8.46. The fraction of sp³-hybridized carbons (Fsp3) is 0.200. The van der Waals surface area contributed by atoms with E-state index in [-0.39, 0.29) is 6.61 Å². The molecular weight excluding hydrogens is 150 g/mol.